The zero-order valence-corrected chi connectivity index (χ0v) is 19.0. The molecule has 31 heavy (non-hydrogen) atoms. The molecule has 0 atom stereocenters. The van der Waals surface area contributed by atoms with Crippen LogP contribution >= 0.6 is 11.6 Å². The van der Waals surface area contributed by atoms with E-state index in [2.05, 4.69) is 10.0 Å². The molecule has 2 N–H and O–H groups in total. The lowest BCUT2D eigenvalue weighted by molar-refractivity contribution is -0.118. The molecule has 0 spiro atoms. The number of carbonyl (C=O) groups is 2. The Morgan fingerprint density at radius 2 is 1.77 bits per heavy atom. The number of rotatable bonds is 10. The first kappa shape index (κ1) is 24.6. The molecule has 2 aromatic rings. The molecule has 0 bridgehead atoms. The van der Waals surface area contributed by atoms with E-state index in [1.165, 1.54) is 30.3 Å². The molecule has 0 saturated heterocycles. The van der Waals surface area contributed by atoms with Crippen LogP contribution in [-0.2, 0) is 19.6 Å². The highest BCUT2D eigenvalue weighted by Gasteiger charge is 2.17. The summed E-state index contributed by atoms with van der Waals surface area (Å²) < 4.78 is 37.3. The molecule has 0 radical (unpaired) electrons. The molecule has 168 valence electrons. The van der Waals surface area contributed by atoms with Gasteiger partial charge in [0.25, 0.3) is 5.91 Å². The summed E-state index contributed by atoms with van der Waals surface area (Å²) in [5, 5.41) is 2.70. The number of hydrogen-bond acceptors (Lipinski definition) is 6. The van der Waals surface area contributed by atoms with Crippen LogP contribution < -0.4 is 14.8 Å². The Balaban J connectivity index is 1.94. The lowest BCUT2D eigenvalue weighted by Crippen LogP contribution is -2.27. The minimum absolute atomic E-state index is 0.0108. The van der Waals surface area contributed by atoms with E-state index in [1.54, 1.807) is 19.1 Å². The molecular weight excluding hydrogens is 444 g/mol. The number of halogens is 1. The van der Waals surface area contributed by atoms with Crippen LogP contribution in [0.2, 0.25) is 5.02 Å². The number of ether oxygens (including phenoxy) is 2. The molecule has 0 aliphatic rings. The first-order chi connectivity index (χ1) is 14.6. The second-order valence-corrected chi connectivity index (χ2v) is 9.15. The molecule has 8 nitrogen and oxygen atoms in total. The number of carbonyl (C=O) groups excluding carboxylic acids is 2. The summed E-state index contributed by atoms with van der Waals surface area (Å²) in [7, 11) is -3.68. The largest absolute Gasteiger partial charge is 0.482 e. The number of hydrogen-bond donors (Lipinski definition) is 2. The van der Waals surface area contributed by atoms with Crippen molar-refractivity contribution in [2.45, 2.75) is 25.7 Å². The smallest absolute Gasteiger partial charge is 0.338 e. The van der Waals surface area contributed by atoms with Crippen LogP contribution in [0.3, 0.4) is 0 Å². The van der Waals surface area contributed by atoms with Crippen LogP contribution in [0, 0.1) is 5.92 Å². The van der Waals surface area contributed by atoms with Crippen LogP contribution in [0.4, 0.5) is 5.69 Å². The summed E-state index contributed by atoms with van der Waals surface area (Å²) in [6, 6.07) is 10.2. The normalized spacial score (nSPS) is 11.3. The average molecular weight is 469 g/mol. The minimum atomic E-state index is -3.68. The van der Waals surface area contributed by atoms with Crippen molar-refractivity contribution >= 4 is 39.2 Å². The van der Waals surface area contributed by atoms with E-state index in [1.807, 2.05) is 13.8 Å². The summed E-state index contributed by atoms with van der Waals surface area (Å²) in [5.74, 6) is -0.552. The van der Waals surface area contributed by atoms with Gasteiger partial charge in [0.05, 0.1) is 22.1 Å². The molecule has 0 aromatic heterocycles. The lowest BCUT2D eigenvalue weighted by Gasteiger charge is -2.12. The quantitative estimate of drug-likeness (QED) is 0.516. The molecule has 1 amide bonds. The Kier molecular flexibility index (Phi) is 8.85. The van der Waals surface area contributed by atoms with Crippen LogP contribution in [0.15, 0.2) is 47.4 Å². The van der Waals surface area contributed by atoms with Gasteiger partial charge in [-0.2, -0.15) is 0 Å². The van der Waals surface area contributed by atoms with Crippen LogP contribution in [0.1, 0.15) is 31.1 Å². The Labute approximate surface area is 186 Å². The van der Waals surface area contributed by atoms with Crippen molar-refractivity contribution in [2.24, 2.45) is 5.92 Å². The van der Waals surface area contributed by atoms with Gasteiger partial charge >= 0.3 is 5.97 Å². The van der Waals surface area contributed by atoms with Crippen LogP contribution in [0.5, 0.6) is 5.75 Å². The van der Waals surface area contributed by atoms with Crippen molar-refractivity contribution in [1.82, 2.24) is 4.72 Å². The van der Waals surface area contributed by atoms with Gasteiger partial charge in [0.2, 0.25) is 10.0 Å². The van der Waals surface area contributed by atoms with Crippen LogP contribution in [0.25, 0.3) is 0 Å². The maximum absolute atomic E-state index is 12.3. The molecule has 10 heteroatoms. The molecule has 0 saturated carbocycles. The van der Waals surface area contributed by atoms with Crippen molar-refractivity contribution in [2.75, 3.05) is 25.1 Å². The number of esters is 1. The van der Waals surface area contributed by atoms with E-state index >= 15 is 0 Å². The topological polar surface area (TPSA) is 111 Å². The predicted octanol–water partition coefficient (Wildman–Crippen LogP) is 3.47. The number of nitrogens with one attached hydrogen (secondary N) is 2. The Hall–Kier alpha value is -2.62. The van der Waals surface area contributed by atoms with Crippen molar-refractivity contribution in [3.8, 4) is 5.75 Å². The summed E-state index contributed by atoms with van der Waals surface area (Å²) in [6.45, 7) is 5.75. The molecule has 2 rings (SSSR count). The maximum atomic E-state index is 12.3. The van der Waals surface area contributed by atoms with Gasteiger partial charge in [-0.3, -0.25) is 4.79 Å². The highest BCUT2D eigenvalue weighted by Crippen LogP contribution is 2.27. The number of sulfonamides is 1. The van der Waals surface area contributed by atoms with Gasteiger partial charge in [-0.25, -0.2) is 17.9 Å². The Bertz CT molecular complexity index is 1020. The molecule has 2 aromatic carbocycles. The molecule has 0 aliphatic carbocycles. The Morgan fingerprint density at radius 3 is 2.35 bits per heavy atom. The van der Waals surface area contributed by atoms with Gasteiger partial charge < -0.3 is 14.8 Å². The molecule has 0 heterocycles. The Morgan fingerprint density at radius 1 is 1.10 bits per heavy atom. The van der Waals surface area contributed by atoms with E-state index in [9.17, 15) is 18.0 Å². The average Bonchev–Trinajstić information content (AvgIpc) is 2.72. The highest BCUT2D eigenvalue weighted by molar-refractivity contribution is 7.89. The minimum Gasteiger partial charge on any atom is -0.482 e. The fourth-order valence-corrected chi connectivity index (χ4v) is 3.91. The summed E-state index contributed by atoms with van der Waals surface area (Å²) in [5.41, 5.74) is 0.853. The van der Waals surface area contributed by atoms with Crippen LogP contribution in [-0.4, -0.2) is 40.1 Å². The first-order valence-electron chi connectivity index (χ1n) is 9.61. The third kappa shape index (κ3) is 7.54. The van der Waals surface area contributed by atoms with Crippen molar-refractivity contribution in [1.29, 1.82) is 0 Å². The van der Waals surface area contributed by atoms with Crippen molar-refractivity contribution in [3.63, 3.8) is 0 Å². The van der Waals surface area contributed by atoms with Gasteiger partial charge in [-0.1, -0.05) is 25.4 Å². The van der Waals surface area contributed by atoms with Gasteiger partial charge in [-0.05, 0) is 55.3 Å². The zero-order valence-electron chi connectivity index (χ0n) is 17.5. The van der Waals surface area contributed by atoms with E-state index in [4.69, 9.17) is 21.1 Å². The first-order valence-corrected chi connectivity index (χ1v) is 11.5. The highest BCUT2D eigenvalue weighted by atomic mass is 35.5. The molecular formula is C21H25ClN2O6S. The van der Waals surface area contributed by atoms with Crippen molar-refractivity contribution in [3.05, 3.63) is 53.1 Å². The summed E-state index contributed by atoms with van der Waals surface area (Å²) >= 11 is 6.12. The zero-order chi connectivity index (χ0) is 23.0. The van der Waals surface area contributed by atoms with E-state index < -0.39 is 21.9 Å². The van der Waals surface area contributed by atoms with Gasteiger partial charge in [0.15, 0.2) is 6.61 Å². The summed E-state index contributed by atoms with van der Waals surface area (Å²) in [4.78, 5) is 23.8. The van der Waals surface area contributed by atoms with Gasteiger partial charge in [0.1, 0.15) is 5.75 Å². The fourth-order valence-electron chi connectivity index (χ4n) is 2.37. The van der Waals surface area contributed by atoms with Crippen molar-refractivity contribution < 1.29 is 27.5 Å². The SMILES string of the molecule is CCOC(=O)c1ccc(NC(=O)COc2ccc(S(=O)(=O)NCC(C)C)cc2Cl)cc1. The van der Waals surface area contributed by atoms with E-state index in [0.29, 0.717) is 17.8 Å². The molecule has 0 fully saturated rings. The monoisotopic (exact) mass is 468 g/mol. The second kappa shape index (κ2) is 11.1. The third-order valence-corrected chi connectivity index (χ3v) is 5.65. The third-order valence-electron chi connectivity index (χ3n) is 3.93. The van der Waals surface area contributed by atoms with E-state index in [-0.39, 0.29) is 34.8 Å². The fraction of sp³-hybridized carbons (Fsp3) is 0.333. The number of amides is 1. The predicted molar refractivity (Wildman–Crippen MR) is 118 cm³/mol. The second-order valence-electron chi connectivity index (χ2n) is 6.97. The maximum Gasteiger partial charge on any atom is 0.338 e. The molecule has 0 aliphatic heterocycles. The van der Waals surface area contributed by atoms with Gasteiger partial charge in [0, 0.05) is 12.2 Å². The number of anilines is 1. The van der Waals surface area contributed by atoms with E-state index in [0.717, 1.165) is 0 Å². The summed E-state index contributed by atoms with van der Waals surface area (Å²) in [6.07, 6.45) is 0. The lowest BCUT2D eigenvalue weighted by atomic mass is 10.2. The molecule has 0 unspecified atom stereocenters. The standard InChI is InChI=1S/C21H25ClN2O6S/c1-4-29-21(26)15-5-7-16(8-6-15)24-20(25)13-30-19-10-9-17(11-18(19)22)31(27,28)23-12-14(2)3/h5-11,14,23H,4,12-13H2,1-3H3,(H,24,25). The number of benzene rings is 2. The van der Waals surface area contributed by atoms with Gasteiger partial charge in [-0.15, -0.1) is 0 Å².